The molecule has 0 aromatic carbocycles. The van der Waals surface area contributed by atoms with Crippen LogP contribution in [0.1, 0.15) is 34.6 Å². The number of rotatable bonds is 2. The number of ether oxygens (including phenoxy) is 1. The van der Waals surface area contributed by atoms with Crippen molar-refractivity contribution in [3.05, 3.63) is 21.4 Å². The molecule has 140 valence electrons. The summed E-state index contributed by atoms with van der Waals surface area (Å²) in [5.74, 6) is 0.674. The van der Waals surface area contributed by atoms with E-state index in [2.05, 4.69) is 46.4 Å². The second kappa shape index (κ2) is 8.18. The summed E-state index contributed by atoms with van der Waals surface area (Å²) in [5, 5.41) is 0. The number of halogens is 1. The number of hydrogen-bond acceptors (Lipinski definition) is 5. The Morgan fingerprint density at radius 3 is 2.44 bits per heavy atom. The van der Waals surface area contributed by atoms with Crippen molar-refractivity contribution < 1.29 is 9.53 Å². The number of hydrogen-bond donors (Lipinski definition) is 0. The van der Waals surface area contributed by atoms with E-state index in [1.165, 1.54) is 4.90 Å². The van der Waals surface area contributed by atoms with Crippen molar-refractivity contribution in [3.63, 3.8) is 0 Å². The number of carbonyl (C=O) groups excluding carboxylic acids is 1. The second-order valence-electron chi connectivity index (χ2n) is 7.45. The molecule has 0 aromatic rings. The van der Waals surface area contributed by atoms with Crippen LogP contribution in [0.4, 0.5) is 4.79 Å². The number of aliphatic imine (C=N–C) groups is 1. The number of amidine groups is 1. The van der Waals surface area contributed by atoms with Gasteiger partial charge < -0.3 is 9.64 Å². The van der Waals surface area contributed by atoms with E-state index in [-0.39, 0.29) is 12.3 Å². The van der Waals surface area contributed by atoms with Crippen LogP contribution in [0.3, 0.4) is 0 Å². The Labute approximate surface area is 164 Å². The van der Waals surface area contributed by atoms with Crippen LogP contribution in [0.2, 0.25) is 0 Å². The van der Waals surface area contributed by atoms with Gasteiger partial charge in [0.2, 0.25) is 0 Å². The lowest BCUT2D eigenvalue weighted by Gasteiger charge is -2.35. The van der Waals surface area contributed by atoms with Gasteiger partial charge in [0.15, 0.2) is 0 Å². The maximum absolute atomic E-state index is 12.6. The average molecular weight is 460 g/mol. The van der Waals surface area contributed by atoms with Crippen molar-refractivity contribution in [2.45, 2.75) is 46.4 Å². The molecule has 1 fully saturated rings. The summed E-state index contributed by atoms with van der Waals surface area (Å²) in [7, 11) is 2.14. The van der Waals surface area contributed by atoms with Gasteiger partial charge in [-0.05, 0) is 64.3 Å². The summed E-state index contributed by atoms with van der Waals surface area (Å²) in [6.07, 6.45) is 3.43. The summed E-state index contributed by atoms with van der Waals surface area (Å²) in [5.41, 5.74) is 0.441. The van der Waals surface area contributed by atoms with Crippen LogP contribution in [-0.4, -0.2) is 71.6 Å². The molecule has 2 aliphatic heterocycles. The highest BCUT2D eigenvalue weighted by molar-refractivity contribution is 14.1. The fraction of sp³-hybridized carbons (Fsp3) is 0.667. The van der Waals surface area contributed by atoms with Crippen molar-refractivity contribution in [2.75, 3.05) is 33.2 Å². The molecule has 2 heterocycles. The zero-order valence-corrected chi connectivity index (χ0v) is 18.2. The Bertz CT molecular complexity index is 599. The molecule has 0 bridgehead atoms. The van der Waals surface area contributed by atoms with Crippen LogP contribution < -0.4 is 0 Å². The zero-order valence-electron chi connectivity index (χ0n) is 16.0. The Hall–Kier alpha value is -0.930. The Morgan fingerprint density at radius 2 is 1.92 bits per heavy atom. The van der Waals surface area contributed by atoms with Gasteiger partial charge in [-0.1, -0.05) is 6.08 Å². The van der Waals surface area contributed by atoms with Gasteiger partial charge in [0, 0.05) is 41.5 Å². The van der Waals surface area contributed by atoms with Gasteiger partial charge in [0.1, 0.15) is 17.6 Å². The number of carbonyl (C=O) groups is 1. The van der Waals surface area contributed by atoms with Gasteiger partial charge in [0.25, 0.3) is 0 Å². The number of nitrogens with zero attached hydrogens (tertiary/aromatic N) is 4. The number of likely N-dealkylation sites (N-methyl/N-ethyl adjacent to an activating group) is 1. The molecule has 2 rings (SSSR count). The first-order valence-corrected chi connectivity index (χ1v) is 9.77. The van der Waals surface area contributed by atoms with Crippen LogP contribution in [0, 0.1) is 0 Å². The van der Waals surface area contributed by atoms with Gasteiger partial charge in [-0.2, -0.15) is 0 Å². The summed E-state index contributed by atoms with van der Waals surface area (Å²) in [6, 6.07) is 0. The first-order chi connectivity index (χ1) is 11.6. The van der Waals surface area contributed by atoms with E-state index in [4.69, 9.17) is 9.73 Å². The molecule has 2 aliphatic rings. The first kappa shape index (κ1) is 20.4. The molecule has 1 amide bonds. The van der Waals surface area contributed by atoms with Gasteiger partial charge in [-0.3, -0.25) is 4.90 Å². The first-order valence-electron chi connectivity index (χ1n) is 8.69. The van der Waals surface area contributed by atoms with E-state index < -0.39 is 5.60 Å². The number of allylic oxidation sites excluding steroid dienone is 1. The molecule has 0 spiro atoms. The van der Waals surface area contributed by atoms with E-state index >= 15 is 0 Å². The van der Waals surface area contributed by atoms with E-state index in [0.29, 0.717) is 5.84 Å². The van der Waals surface area contributed by atoms with E-state index in [9.17, 15) is 4.79 Å². The predicted molar refractivity (Wildman–Crippen MR) is 110 cm³/mol. The van der Waals surface area contributed by atoms with E-state index in [0.717, 1.165) is 35.3 Å². The lowest BCUT2D eigenvalue weighted by molar-refractivity contribution is 0.0428. The minimum absolute atomic E-state index is 0.0132. The molecule has 0 saturated carbocycles. The smallest absolute Gasteiger partial charge is 0.420 e. The van der Waals surface area contributed by atoms with Crippen molar-refractivity contribution in [2.24, 2.45) is 4.99 Å². The fourth-order valence-electron chi connectivity index (χ4n) is 2.78. The summed E-state index contributed by atoms with van der Waals surface area (Å²) >= 11 is 2.24. The van der Waals surface area contributed by atoms with Gasteiger partial charge >= 0.3 is 6.09 Å². The highest BCUT2D eigenvalue weighted by Gasteiger charge is 2.33. The third kappa shape index (κ3) is 5.27. The highest BCUT2D eigenvalue weighted by Crippen LogP contribution is 2.30. The standard InChI is InChI=1S/C18H29IN4O2/c1-7-14-15(19)12-23(17(24)25-18(3,4)5)16(14)20-13(2)22-10-8-21(6)9-11-22/h7,12-13H,8-11H2,1-6H3/b14-7-,20-16+. The fourth-order valence-corrected chi connectivity index (χ4v) is 3.61. The van der Waals surface area contributed by atoms with Crippen molar-refractivity contribution in [3.8, 4) is 0 Å². The largest absolute Gasteiger partial charge is 0.443 e. The molecular formula is C18H29IN4O2. The Kier molecular flexibility index (Phi) is 6.67. The van der Waals surface area contributed by atoms with Gasteiger partial charge in [-0.25, -0.2) is 14.7 Å². The maximum atomic E-state index is 12.6. The van der Waals surface area contributed by atoms with Crippen LogP contribution >= 0.6 is 22.6 Å². The molecule has 6 nitrogen and oxygen atoms in total. The molecule has 7 heteroatoms. The Morgan fingerprint density at radius 1 is 1.32 bits per heavy atom. The molecule has 0 N–H and O–H groups in total. The lowest BCUT2D eigenvalue weighted by Crippen LogP contribution is -2.48. The van der Waals surface area contributed by atoms with E-state index in [1.807, 2.05) is 33.8 Å². The van der Waals surface area contributed by atoms with Gasteiger partial charge in [0.05, 0.1) is 0 Å². The minimum Gasteiger partial charge on any atom is -0.443 e. The highest BCUT2D eigenvalue weighted by atomic mass is 127. The van der Waals surface area contributed by atoms with Crippen LogP contribution in [0.25, 0.3) is 0 Å². The van der Waals surface area contributed by atoms with Crippen LogP contribution in [-0.2, 0) is 4.74 Å². The van der Waals surface area contributed by atoms with Crippen molar-refractivity contribution >= 4 is 34.5 Å². The van der Waals surface area contributed by atoms with Crippen molar-refractivity contribution in [1.29, 1.82) is 0 Å². The summed E-state index contributed by atoms with van der Waals surface area (Å²) in [6.45, 7) is 13.7. The molecule has 0 aliphatic carbocycles. The molecule has 1 unspecified atom stereocenters. The molecule has 1 saturated heterocycles. The number of piperazine rings is 1. The topological polar surface area (TPSA) is 48.4 Å². The molecule has 25 heavy (non-hydrogen) atoms. The minimum atomic E-state index is -0.538. The van der Waals surface area contributed by atoms with Gasteiger partial charge in [-0.15, -0.1) is 0 Å². The summed E-state index contributed by atoms with van der Waals surface area (Å²) < 4.78 is 6.54. The van der Waals surface area contributed by atoms with Crippen LogP contribution in [0.15, 0.2) is 26.4 Å². The number of amides is 1. The third-order valence-corrected chi connectivity index (χ3v) is 5.08. The molecule has 1 atom stereocenters. The molecule has 0 aromatic heterocycles. The summed E-state index contributed by atoms with van der Waals surface area (Å²) in [4.78, 5) is 23.7. The Balaban J connectivity index is 2.22. The second-order valence-corrected chi connectivity index (χ2v) is 8.62. The molecule has 0 radical (unpaired) electrons. The zero-order chi connectivity index (χ0) is 18.8. The monoisotopic (exact) mass is 460 g/mol. The average Bonchev–Trinajstić information content (AvgIpc) is 2.82. The third-order valence-electron chi connectivity index (χ3n) is 4.22. The quantitative estimate of drug-likeness (QED) is 0.593. The van der Waals surface area contributed by atoms with Crippen LogP contribution in [0.5, 0.6) is 0 Å². The maximum Gasteiger partial charge on any atom is 0.420 e. The van der Waals surface area contributed by atoms with E-state index in [1.54, 1.807) is 6.20 Å². The normalized spacial score (nSPS) is 24.8. The lowest BCUT2D eigenvalue weighted by atomic mass is 10.2. The SMILES string of the molecule is C/C=C1/C(I)=CN(C(=O)OC(C)(C)C)/C1=N/C(C)N1CCN(C)CC1. The van der Waals surface area contributed by atoms with Crippen molar-refractivity contribution in [1.82, 2.24) is 14.7 Å². The molecular weight excluding hydrogens is 431 g/mol. The predicted octanol–water partition coefficient (Wildman–Crippen LogP) is 3.45.